The Kier molecular flexibility index (Phi) is 4.30. The number of ketones is 1. The van der Waals surface area contributed by atoms with E-state index in [1.54, 1.807) is 12.3 Å². The Morgan fingerprint density at radius 3 is 2.41 bits per heavy atom. The van der Waals surface area contributed by atoms with Gasteiger partial charge in [0.25, 0.3) is 0 Å². The first-order valence-electron chi connectivity index (χ1n) is 7.30. The fourth-order valence-corrected chi connectivity index (χ4v) is 2.35. The molecule has 0 unspecified atom stereocenters. The highest BCUT2D eigenvalue weighted by Crippen LogP contribution is 2.16. The van der Waals surface area contributed by atoms with Crippen molar-refractivity contribution in [1.82, 2.24) is 5.32 Å². The summed E-state index contributed by atoms with van der Waals surface area (Å²) in [6.45, 7) is 0.711. The first-order chi connectivity index (χ1) is 10.8. The maximum Gasteiger partial charge on any atom is 0.187 e. The number of nitrogens with one attached hydrogen (secondary N) is 1. The van der Waals surface area contributed by atoms with E-state index in [4.69, 9.17) is 0 Å². The molecule has 0 heterocycles. The van der Waals surface area contributed by atoms with Crippen LogP contribution in [-0.2, 0) is 6.54 Å². The molecule has 0 amide bonds. The van der Waals surface area contributed by atoms with Crippen molar-refractivity contribution in [1.29, 1.82) is 0 Å². The lowest BCUT2D eigenvalue weighted by atomic mass is 10.0. The summed E-state index contributed by atoms with van der Waals surface area (Å²) >= 11 is 0. The van der Waals surface area contributed by atoms with Crippen LogP contribution in [0.4, 0.5) is 0 Å². The van der Waals surface area contributed by atoms with Crippen LogP contribution < -0.4 is 5.32 Å². The van der Waals surface area contributed by atoms with Crippen LogP contribution >= 0.6 is 0 Å². The summed E-state index contributed by atoms with van der Waals surface area (Å²) in [6, 6.07) is 23.9. The summed E-state index contributed by atoms with van der Waals surface area (Å²) in [6.07, 6.45) is 3.29. The molecule has 22 heavy (non-hydrogen) atoms. The number of hydrogen-bond acceptors (Lipinski definition) is 2. The monoisotopic (exact) mass is 287 g/mol. The zero-order valence-electron chi connectivity index (χ0n) is 12.2. The number of allylic oxidation sites excluding steroid dienone is 1. The molecule has 3 aromatic rings. The Labute approximate surface area is 130 Å². The van der Waals surface area contributed by atoms with Crippen molar-refractivity contribution in [2.45, 2.75) is 6.54 Å². The van der Waals surface area contributed by atoms with Crippen LogP contribution in [0.2, 0.25) is 0 Å². The Morgan fingerprint density at radius 1 is 0.864 bits per heavy atom. The minimum absolute atomic E-state index is 0.00585. The van der Waals surface area contributed by atoms with Crippen LogP contribution in [-0.4, -0.2) is 5.78 Å². The fourth-order valence-electron chi connectivity index (χ4n) is 2.35. The molecule has 0 bridgehead atoms. The van der Waals surface area contributed by atoms with E-state index in [2.05, 4.69) is 5.32 Å². The summed E-state index contributed by atoms with van der Waals surface area (Å²) in [5.74, 6) is 0.00585. The molecule has 108 valence electrons. The normalized spacial score (nSPS) is 10.9. The molecule has 2 nitrogen and oxygen atoms in total. The van der Waals surface area contributed by atoms with Gasteiger partial charge in [-0.15, -0.1) is 0 Å². The SMILES string of the molecule is O=C(/C=C/NCc1ccccc1)c1ccc2ccccc2c1. The third-order valence-corrected chi connectivity index (χ3v) is 3.54. The molecule has 2 heteroatoms. The Bertz CT molecular complexity index is 806. The molecule has 0 aliphatic rings. The second-order valence-electron chi connectivity index (χ2n) is 5.13. The molecule has 0 saturated heterocycles. The van der Waals surface area contributed by atoms with Gasteiger partial charge in [-0.1, -0.05) is 66.7 Å². The standard InChI is InChI=1S/C20H17NO/c22-20(12-13-21-15-16-6-2-1-3-7-16)19-11-10-17-8-4-5-9-18(17)14-19/h1-14,21H,15H2/b13-12+. The predicted molar refractivity (Wildman–Crippen MR) is 90.7 cm³/mol. The van der Waals surface area contributed by atoms with Crippen molar-refractivity contribution in [3.05, 3.63) is 96.2 Å². The lowest BCUT2D eigenvalue weighted by Gasteiger charge is -2.02. The summed E-state index contributed by atoms with van der Waals surface area (Å²) in [5, 5.41) is 5.36. The second-order valence-corrected chi connectivity index (χ2v) is 5.13. The molecule has 0 aliphatic heterocycles. The van der Waals surface area contributed by atoms with Crippen LogP contribution in [0, 0.1) is 0 Å². The summed E-state index contributed by atoms with van der Waals surface area (Å²) in [7, 11) is 0. The highest BCUT2D eigenvalue weighted by atomic mass is 16.1. The van der Waals surface area contributed by atoms with Gasteiger partial charge in [0.1, 0.15) is 0 Å². The zero-order chi connectivity index (χ0) is 15.2. The number of carbonyl (C=O) groups is 1. The summed E-state index contributed by atoms with van der Waals surface area (Å²) in [4.78, 5) is 12.2. The van der Waals surface area contributed by atoms with Crippen molar-refractivity contribution in [2.75, 3.05) is 0 Å². The molecule has 0 aliphatic carbocycles. The van der Waals surface area contributed by atoms with E-state index in [-0.39, 0.29) is 5.78 Å². The van der Waals surface area contributed by atoms with E-state index in [9.17, 15) is 4.79 Å². The van der Waals surface area contributed by atoms with Crippen molar-refractivity contribution < 1.29 is 4.79 Å². The number of rotatable bonds is 5. The third kappa shape index (κ3) is 3.41. The van der Waals surface area contributed by atoms with Crippen molar-refractivity contribution >= 4 is 16.6 Å². The fraction of sp³-hybridized carbons (Fsp3) is 0.0500. The Morgan fingerprint density at radius 2 is 1.59 bits per heavy atom. The number of hydrogen-bond donors (Lipinski definition) is 1. The van der Waals surface area contributed by atoms with Gasteiger partial charge in [-0.05, 0) is 22.4 Å². The average molecular weight is 287 g/mol. The van der Waals surface area contributed by atoms with Crippen molar-refractivity contribution in [2.24, 2.45) is 0 Å². The molecular formula is C20H17NO. The number of benzene rings is 3. The molecule has 0 spiro atoms. The number of fused-ring (bicyclic) bond motifs is 1. The second kappa shape index (κ2) is 6.72. The molecule has 1 N–H and O–H groups in total. The quantitative estimate of drug-likeness (QED) is 0.559. The predicted octanol–water partition coefficient (Wildman–Crippen LogP) is 4.33. The van der Waals surface area contributed by atoms with E-state index < -0.39 is 0 Å². The highest BCUT2D eigenvalue weighted by Gasteiger charge is 2.02. The van der Waals surface area contributed by atoms with Gasteiger partial charge >= 0.3 is 0 Å². The third-order valence-electron chi connectivity index (χ3n) is 3.54. The maximum atomic E-state index is 12.2. The van der Waals surface area contributed by atoms with E-state index >= 15 is 0 Å². The summed E-state index contributed by atoms with van der Waals surface area (Å²) in [5.41, 5.74) is 1.89. The van der Waals surface area contributed by atoms with Gasteiger partial charge in [0, 0.05) is 24.4 Å². The highest BCUT2D eigenvalue weighted by molar-refractivity contribution is 6.06. The minimum atomic E-state index is 0.00585. The molecule has 0 saturated carbocycles. The van der Waals surface area contributed by atoms with E-state index in [0.29, 0.717) is 12.1 Å². The van der Waals surface area contributed by atoms with Gasteiger partial charge in [0.2, 0.25) is 0 Å². The summed E-state index contributed by atoms with van der Waals surface area (Å²) < 4.78 is 0. The van der Waals surface area contributed by atoms with Crippen molar-refractivity contribution in [3.8, 4) is 0 Å². The molecule has 0 fully saturated rings. The minimum Gasteiger partial charge on any atom is -0.387 e. The van der Waals surface area contributed by atoms with Gasteiger partial charge in [-0.25, -0.2) is 0 Å². The smallest absolute Gasteiger partial charge is 0.187 e. The van der Waals surface area contributed by atoms with Crippen molar-refractivity contribution in [3.63, 3.8) is 0 Å². The average Bonchev–Trinajstić information content (AvgIpc) is 2.59. The largest absolute Gasteiger partial charge is 0.387 e. The van der Waals surface area contributed by atoms with Crippen LogP contribution in [0.1, 0.15) is 15.9 Å². The van der Waals surface area contributed by atoms with Gasteiger partial charge in [-0.2, -0.15) is 0 Å². The zero-order valence-corrected chi connectivity index (χ0v) is 12.2. The van der Waals surface area contributed by atoms with Crippen LogP contribution in [0.3, 0.4) is 0 Å². The molecular weight excluding hydrogens is 270 g/mol. The van der Waals surface area contributed by atoms with Gasteiger partial charge in [0.15, 0.2) is 5.78 Å². The van der Waals surface area contributed by atoms with Gasteiger partial charge in [-0.3, -0.25) is 4.79 Å². The lowest BCUT2D eigenvalue weighted by Crippen LogP contribution is -2.05. The molecule has 0 atom stereocenters. The van der Waals surface area contributed by atoms with Crippen LogP contribution in [0.15, 0.2) is 85.1 Å². The Balaban J connectivity index is 1.64. The lowest BCUT2D eigenvalue weighted by molar-refractivity contribution is 0.104. The molecule has 3 rings (SSSR count). The van der Waals surface area contributed by atoms with Gasteiger partial charge < -0.3 is 5.32 Å². The van der Waals surface area contributed by atoms with Crippen LogP contribution in [0.5, 0.6) is 0 Å². The first-order valence-corrected chi connectivity index (χ1v) is 7.30. The number of carbonyl (C=O) groups excluding carboxylic acids is 1. The molecule has 3 aromatic carbocycles. The maximum absolute atomic E-state index is 12.2. The molecule has 0 radical (unpaired) electrons. The topological polar surface area (TPSA) is 29.1 Å². The van der Waals surface area contributed by atoms with Crippen LogP contribution in [0.25, 0.3) is 10.8 Å². The van der Waals surface area contributed by atoms with E-state index in [1.165, 1.54) is 5.56 Å². The van der Waals surface area contributed by atoms with E-state index in [1.807, 2.05) is 72.8 Å². The molecule has 0 aromatic heterocycles. The first kappa shape index (κ1) is 14.1. The Hall–Kier alpha value is -2.87. The van der Waals surface area contributed by atoms with E-state index in [0.717, 1.165) is 10.8 Å². The van der Waals surface area contributed by atoms with Gasteiger partial charge in [0.05, 0.1) is 0 Å².